The number of nitrogens with zero attached hydrogens (tertiary/aromatic N) is 5. The molecule has 1 aliphatic rings. The molecule has 0 N–H and O–H groups in total. The fourth-order valence-electron chi connectivity index (χ4n) is 4.05. The van der Waals surface area contributed by atoms with E-state index in [-0.39, 0.29) is 17.7 Å². The molecule has 176 valence electrons. The van der Waals surface area contributed by atoms with Gasteiger partial charge in [0.2, 0.25) is 11.8 Å². The van der Waals surface area contributed by atoms with Gasteiger partial charge in [-0.25, -0.2) is 9.97 Å². The van der Waals surface area contributed by atoms with E-state index in [0.29, 0.717) is 36.0 Å². The number of para-hydroxylation sites is 1. The Kier molecular flexibility index (Phi) is 6.61. The topological polar surface area (TPSA) is 90.3 Å². The smallest absolute Gasteiger partial charge is 0.259 e. The molecule has 0 radical (unpaired) electrons. The van der Waals surface area contributed by atoms with E-state index in [1.165, 1.54) is 0 Å². The Morgan fingerprint density at radius 1 is 0.943 bits per heavy atom. The molecular formula is C27H25N5O3. The first-order valence-electron chi connectivity index (χ1n) is 11.6. The molecule has 1 fully saturated rings. The molecule has 4 heterocycles. The summed E-state index contributed by atoms with van der Waals surface area (Å²) in [5, 5.41) is 0. The highest BCUT2D eigenvalue weighted by Crippen LogP contribution is 2.30. The zero-order valence-electron chi connectivity index (χ0n) is 19.4. The third kappa shape index (κ3) is 5.43. The molecule has 0 aliphatic carbocycles. The molecule has 0 saturated carbocycles. The molecule has 1 aromatic carbocycles. The molecule has 35 heavy (non-hydrogen) atoms. The molecule has 1 saturated heterocycles. The normalized spacial score (nSPS) is 15.5. The molecule has 0 bridgehead atoms. The summed E-state index contributed by atoms with van der Waals surface area (Å²) < 4.78 is 11.7. The summed E-state index contributed by atoms with van der Waals surface area (Å²) in [5.41, 5.74) is 2.11. The predicted octanol–water partition coefficient (Wildman–Crippen LogP) is 5.18. The van der Waals surface area contributed by atoms with Gasteiger partial charge in [0.05, 0.1) is 18.1 Å². The maximum absolute atomic E-state index is 13.5. The van der Waals surface area contributed by atoms with Crippen LogP contribution in [0.3, 0.4) is 0 Å². The van der Waals surface area contributed by atoms with Crippen molar-refractivity contribution in [1.29, 1.82) is 0 Å². The maximum Gasteiger partial charge on any atom is 0.259 e. The second kappa shape index (κ2) is 10.3. The molecule has 8 heteroatoms. The lowest BCUT2D eigenvalue weighted by Crippen LogP contribution is -2.39. The van der Waals surface area contributed by atoms with Gasteiger partial charge in [-0.2, -0.15) is 0 Å². The third-order valence-corrected chi connectivity index (χ3v) is 5.82. The summed E-state index contributed by atoms with van der Waals surface area (Å²) in [6.45, 7) is 3.09. The number of likely N-dealkylation sites (tertiary alicyclic amines) is 1. The fraction of sp³-hybridized carbons (Fsp3) is 0.222. The van der Waals surface area contributed by atoms with Crippen LogP contribution < -0.4 is 9.47 Å². The van der Waals surface area contributed by atoms with Gasteiger partial charge in [0.15, 0.2) is 0 Å². The first-order chi connectivity index (χ1) is 17.2. The summed E-state index contributed by atoms with van der Waals surface area (Å²) in [6, 6.07) is 16.6. The number of carbonyl (C=O) groups excluding carboxylic acids is 1. The quantitative estimate of drug-likeness (QED) is 0.386. The SMILES string of the molecule is Cc1ccc(Oc2ncccc2C(=O)N2CCCC(c3cncc(Oc4ccccc4)n3)C2)cn1. The number of aryl methyl sites for hydroxylation is 1. The fourth-order valence-corrected chi connectivity index (χ4v) is 4.05. The van der Waals surface area contributed by atoms with Crippen molar-refractivity contribution in [3.05, 3.63) is 96.3 Å². The Hall–Kier alpha value is -4.33. The molecular weight excluding hydrogens is 442 g/mol. The summed E-state index contributed by atoms with van der Waals surface area (Å²) in [7, 11) is 0. The number of rotatable bonds is 6. The summed E-state index contributed by atoms with van der Waals surface area (Å²) in [4.78, 5) is 32.9. The van der Waals surface area contributed by atoms with Crippen LogP contribution in [0.1, 0.15) is 40.5 Å². The average Bonchev–Trinajstić information content (AvgIpc) is 2.91. The van der Waals surface area contributed by atoms with E-state index in [1.807, 2.05) is 54.3 Å². The van der Waals surface area contributed by atoms with Gasteiger partial charge in [0.25, 0.3) is 5.91 Å². The van der Waals surface area contributed by atoms with E-state index in [2.05, 4.69) is 19.9 Å². The van der Waals surface area contributed by atoms with E-state index >= 15 is 0 Å². The van der Waals surface area contributed by atoms with Crippen molar-refractivity contribution in [2.24, 2.45) is 0 Å². The lowest BCUT2D eigenvalue weighted by Gasteiger charge is -2.32. The van der Waals surface area contributed by atoms with E-state index in [9.17, 15) is 4.79 Å². The van der Waals surface area contributed by atoms with Crippen LogP contribution in [0.25, 0.3) is 0 Å². The van der Waals surface area contributed by atoms with Crippen LogP contribution >= 0.6 is 0 Å². The molecule has 4 aromatic rings. The molecule has 1 aliphatic heterocycles. The number of amides is 1. The predicted molar refractivity (Wildman–Crippen MR) is 130 cm³/mol. The number of pyridine rings is 2. The van der Waals surface area contributed by atoms with Crippen molar-refractivity contribution < 1.29 is 14.3 Å². The van der Waals surface area contributed by atoms with Crippen molar-refractivity contribution in [1.82, 2.24) is 24.8 Å². The molecule has 0 spiro atoms. The standard InChI is InChI=1S/C27H25N5O3/c1-19-11-12-22(15-30-19)35-26-23(10-5-13-29-26)27(33)32-14-6-7-20(18-32)24-16-28-17-25(31-24)34-21-8-3-2-4-9-21/h2-5,8-13,15-17,20H,6-7,14,18H2,1H3. The highest BCUT2D eigenvalue weighted by molar-refractivity contribution is 5.96. The lowest BCUT2D eigenvalue weighted by molar-refractivity contribution is 0.0702. The van der Waals surface area contributed by atoms with Crippen LogP contribution in [0.4, 0.5) is 0 Å². The van der Waals surface area contributed by atoms with Crippen molar-refractivity contribution in [2.45, 2.75) is 25.7 Å². The summed E-state index contributed by atoms with van der Waals surface area (Å²) >= 11 is 0. The third-order valence-electron chi connectivity index (χ3n) is 5.82. The monoisotopic (exact) mass is 467 g/mol. The minimum Gasteiger partial charge on any atom is -0.437 e. The molecule has 8 nitrogen and oxygen atoms in total. The number of hydrogen-bond acceptors (Lipinski definition) is 7. The highest BCUT2D eigenvalue weighted by atomic mass is 16.5. The first-order valence-corrected chi connectivity index (χ1v) is 11.6. The van der Waals surface area contributed by atoms with Gasteiger partial charge < -0.3 is 14.4 Å². The summed E-state index contributed by atoms with van der Waals surface area (Å²) in [6.07, 6.45) is 8.36. The lowest BCUT2D eigenvalue weighted by atomic mass is 9.94. The largest absolute Gasteiger partial charge is 0.437 e. The van der Waals surface area contributed by atoms with Gasteiger partial charge in [0, 0.05) is 37.1 Å². The Labute approximate surface area is 203 Å². The number of hydrogen-bond donors (Lipinski definition) is 0. The van der Waals surface area contributed by atoms with Crippen LogP contribution in [0.2, 0.25) is 0 Å². The number of ether oxygens (including phenoxy) is 2. The number of aromatic nitrogens is 4. The van der Waals surface area contributed by atoms with Crippen molar-refractivity contribution >= 4 is 5.91 Å². The number of carbonyl (C=O) groups is 1. The Morgan fingerprint density at radius 3 is 2.66 bits per heavy atom. The van der Waals surface area contributed by atoms with Gasteiger partial charge in [-0.05, 0) is 56.2 Å². The first kappa shape index (κ1) is 22.5. The van der Waals surface area contributed by atoms with Gasteiger partial charge in [-0.1, -0.05) is 18.2 Å². The van der Waals surface area contributed by atoms with Crippen molar-refractivity contribution in [3.63, 3.8) is 0 Å². The molecule has 3 aromatic heterocycles. The second-order valence-corrected chi connectivity index (χ2v) is 8.38. The van der Waals surface area contributed by atoms with E-state index in [4.69, 9.17) is 9.47 Å². The van der Waals surface area contributed by atoms with E-state index in [0.717, 1.165) is 24.2 Å². The van der Waals surface area contributed by atoms with Crippen LogP contribution in [0.5, 0.6) is 23.3 Å². The van der Waals surface area contributed by atoms with Crippen LogP contribution in [0.15, 0.2) is 79.4 Å². The molecule has 1 amide bonds. The van der Waals surface area contributed by atoms with Gasteiger partial charge in [0.1, 0.15) is 17.1 Å². The molecule has 1 atom stereocenters. The second-order valence-electron chi connectivity index (χ2n) is 8.38. The van der Waals surface area contributed by atoms with Crippen molar-refractivity contribution in [2.75, 3.05) is 13.1 Å². The Balaban J connectivity index is 1.31. The van der Waals surface area contributed by atoms with E-state index < -0.39 is 0 Å². The van der Waals surface area contributed by atoms with Crippen LogP contribution in [-0.4, -0.2) is 43.8 Å². The van der Waals surface area contributed by atoms with Gasteiger partial charge in [-0.3, -0.25) is 14.8 Å². The van der Waals surface area contributed by atoms with Crippen molar-refractivity contribution in [3.8, 4) is 23.3 Å². The zero-order valence-corrected chi connectivity index (χ0v) is 19.4. The highest BCUT2D eigenvalue weighted by Gasteiger charge is 2.28. The van der Waals surface area contributed by atoms with Crippen LogP contribution in [0, 0.1) is 6.92 Å². The van der Waals surface area contributed by atoms with Crippen LogP contribution in [-0.2, 0) is 0 Å². The number of benzene rings is 1. The molecule has 5 rings (SSSR count). The van der Waals surface area contributed by atoms with E-state index in [1.54, 1.807) is 36.9 Å². The minimum absolute atomic E-state index is 0.0573. The maximum atomic E-state index is 13.5. The number of piperidine rings is 1. The van der Waals surface area contributed by atoms with Gasteiger partial charge in [-0.15, -0.1) is 0 Å². The zero-order chi connectivity index (χ0) is 24.0. The Bertz CT molecular complexity index is 1300. The Morgan fingerprint density at radius 2 is 1.83 bits per heavy atom. The van der Waals surface area contributed by atoms with Gasteiger partial charge >= 0.3 is 0 Å². The summed E-state index contributed by atoms with van der Waals surface area (Å²) in [5.74, 6) is 1.87. The average molecular weight is 468 g/mol. The minimum atomic E-state index is -0.123. The molecule has 1 unspecified atom stereocenters.